The molecule has 0 saturated heterocycles. The van der Waals surface area contributed by atoms with Gasteiger partial charge in [0.1, 0.15) is 0 Å². The SMILES string of the molecule is NCC(NC(=O)CC(c1ccccc1)C(F)(F)F)C1CCCCC1. The van der Waals surface area contributed by atoms with Gasteiger partial charge < -0.3 is 11.1 Å². The summed E-state index contributed by atoms with van der Waals surface area (Å²) >= 11 is 0. The second kappa shape index (κ2) is 8.51. The number of rotatable bonds is 6. The molecule has 1 saturated carbocycles. The van der Waals surface area contributed by atoms with Crippen LogP contribution in [0.15, 0.2) is 30.3 Å². The molecule has 0 aromatic heterocycles. The number of carbonyl (C=O) groups is 1. The van der Waals surface area contributed by atoms with Crippen molar-refractivity contribution in [3.63, 3.8) is 0 Å². The van der Waals surface area contributed by atoms with Gasteiger partial charge in [-0.3, -0.25) is 4.79 Å². The molecular formula is C18H25F3N2O. The Labute approximate surface area is 140 Å². The summed E-state index contributed by atoms with van der Waals surface area (Å²) in [4.78, 5) is 12.2. The molecule has 0 aliphatic heterocycles. The predicted octanol–water partition coefficient (Wildman–Crippen LogP) is 3.75. The summed E-state index contributed by atoms with van der Waals surface area (Å²) in [6, 6.07) is 7.35. The zero-order valence-corrected chi connectivity index (χ0v) is 13.7. The van der Waals surface area contributed by atoms with E-state index in [1.165, 1.54) is 18.6 Å². The van der Waals surface area contributed by atoms with Gasteiger partial charge in [0.25, 0.3) is 0 Å². The lowest BCUT2D eigenvalue weighted by Crippen LogP contribution is -2.46. The van der Waals surface area contributed by atoms with E-state index in [4.69, 9.17) is 5.73 Å². The first-order chi connectivity index (χ1) is 11.4. The molecule has 2 rings (SSSR count). The Hall–Kier alpha value is -1.56. The van der Waals surface area contributed by atoms with Crippen LogP contribution >= 0.6 is 0 Å². The summed E-state index contributed by atoms with van der Waals surface area (Å²) < 4.78 is 40.0. The molecule has 1 aliphatic carbocycles. The van der Waals surface area contributed by atoms with Gasteiger partial charge in [-0.2, -0.15) is 13.2 Å². The largest absolute Gasteiger partial charge is 0.396 e. The maximum atomic E-state index is 13.3. The van der Waals surface area contributed by atoms with Crippen molar-refractivity contribution in [2.75, 3.05) is 6.54 Å². The highest BCUT2D eigenvalue weighted by molar-refractivity contribution is 5.77. The van der Waals surface area contributed by atoms with Crippen molar-refractivity contribution >= 4 is 5.91 Å². The van der Waals surface area contributed by atoms with E-state index in [0.29, 0.717) is 0 Å². The molecule has 1 amide bonds. The number of benzene rings is 1. The lowest BCUT2D eigenvalue weighted by molar-refractivity contribution is -0.157. The minimum Gasteiger partial charge on any atom is -0.352 e. The number of hydrogen-bond acceptors (Lipinski definition) is 2. The zero-order chi connectivity index (χ0) is 17.6. The van der Waals surface area contributed by atoms with Crippen molar-refractivity contribution < 1.29 is 18.0 Å². The average Bonchev–Trinajstić information content (AvgIpc) is 2.58. The van der Waals surface area contributed by atoms with Gasteiger partial charge in [-0.25, -0.2) is 0 Å². The lowest BCUT2D eigenvalue weighted by Gasteiger charge is -2.30. The Bertz CT molecular complexity index is 513. The molecule has 2 unspecified atom stereocenters. The maximum absolute atomic E-state index is 13.3. The molecular weight excluding hydrogens is 317 g/mol. The highest BCUT2D eigenvalue weighted by Gasteiger charge is 2.42. The molecule has 1 aliphatic rings. The Morgan fingerprint density at radius 2 is 1.79 bits per heavy atom. The quantitative estimate of drug-likeness (QED) is 0.827. The van der Waals surface area contributed by atoms with Crippen LogP contribution < -0.4 is 11.1 Å². The summed E-state index contributed by atoms with van der Waals surface area (Å²) in [6.07, 6.45) is 0.246. The van der Waals surface area contributed by atoms with Gasteiger partial charge in [-0.05, 0) is 24.3 Å². The number of alkyl halides is 3. The molecule has 0 bridgehead atoms. The molecule has 3 nitrogen and oxygen atoms in total. The van der Waals surface area contributed by atoms with Gasteiger partial charge in [-0.15, -0.1) is 0 Å². The standard InChI is InChI=1S/C18H25F3N2O/c19-18(20,21)15(13-7-3-1-4-8-13)11-17(24)23-16(12-22)14-9-5-2-6-10-14/h1,3-4,7-8,14-16H,2,5-6,9-12,22H2,(H,23,24). The Kier molecular flexibility index (Phi) is 6.66. The second-order valence-electron chi connectivity index (χ2n) is 6.52. The van der Waals surface area contributed by atoms with Crippen LogP contribution in [0, 0.1) is 5.92 Å². The van der Waals surface area contributed by atoms with Crippen LogP contribution in [0.2, 0.25) is 0 Å². The van der Waals surface area contributed by atoms with Gasteiger partial charge in [-0.1, -0.05) is 49.6 Å². The van der Waals surface area contributed by atoms with Crippen LogP contribution in [0.3, 0.4) is 0 Å². The van der Waals surface area contributed by atoms with Crippen LogP contribution in [-0.4, -0.2) is 24.7 Å². The fraction of sp³-hybridized carbons (Fsp3) is 0.611. The summed E-state index contributed by atoms with van der Waals surface area (Å²) in [5.74, 6) is -2.10. The molecule has 1 aromatic carbocycles. The Morgan fingerprint density at radius 1 is 1.17 bits per heavy atom. The van der Waals surface area contributed by atoms with Crippen LogP contribution in [0.4, 0.5) is 13.2 Å². The van der Waals surface area contributed by atoms with Crippen molar-refractivity contribution in [1.29, 1.82) is 0 Å². The third-order valence-electron chi connectivity index (χ3n) is 4.81. The number of nitrogens with two attached hydrogens (primary N) is 1. The number of hydrogen-bond donors (Lipinski definition) is 2. The van der Waals surface area contributed by atoms with Crippen molar-refractivity contribution in [2.45, 2.75) is 56.7 Å². The van der Waals surface area contributed by atoms with E-state index in [-0.39, 0.29) is 24.1 Å². The predicted molar refractivity (Wildman–Crippen MR) is 87.4 cm³/mol. The van der Waals surface area contributed by atoms with E-state index < -0.39 is 24.4 Å². The van der Waals surface area contributed by atoms with E-state index in [1.807, 2.05) is 0 Å². The molecule has 6 heteroatoms. The second-order valence-corrected chi connectivity index (χ2v) is 6.52. The lowest BCUT2D eigenvalue weighted by atomic mass is 9.83. The molecule has 0 radical (unpaired) electrons. The van der Waals surface area contributed by atoms with Gasteiger partial charge in [0.15, 0.2) is 0 Å². The van der Waals surface area contributed by atoms with E-state index in [1.54, 1.807) is 18.2 Å². The fourth-order valence-corrected chi connectivity index (χ4v) is 3.46. The molecule has 1 aromatic rings. The van der Waals surface area contributed by atoms with Crippen molar-refractivity contribution in [2.24, 2.45) is 11.7 Å². The minimum absolute atomic E-state index is 0.113. The van der Waals surface area contributed by atoms with Gasteiger partial charge in [0.2, 0.25) is 5.91 Å². The summed E-state index contributed by atoms with van der Waals surface area (Å²) in [7, 11) is 0. The molecule has 1 fully saturated rings. The van der Waals surface area contributed by atoms with Gasteiger partial charge >= 0.3 is 6.18 Å². The van der Waals surface area contributed by atoms with Crippen molar-refractivity contribution in [3.05, 3.63) is 35.9 Å². The zero-order valence-electron chi connectivity index (χ0n) is 13.7. The molecule has 24 heavy (non-hydrogen) atoms. The highest BCUT2D eigenvalue weighted by atomic mass is 19.4. The number of amides is 1. The molecule has 3 N–H and O–H groups in total. The van der Waals surface area contributed by atoms with E-state index in [2.05, 4.69) is 5.32 Å². The normalized spacial score (nSPS) is 18.8. The Morgan fingerprint density at radius 3 is 2.33 bits per heavy atom. The first kappa shape index (κ1) is 18.8. The van der Waals surface area contributed by atoms with E-state index >= 15 is 0 Å². The first-order valence-corrected chi connectivity index (χ1v) is 8.53. The van der Waals surface area contributed by atoms with Crippen LogP contribution in [0.25, 0.3) is 0 Å². The van der Waals surface area contributed by atoms with Crippen molar-refractivity contribution in [1.82, 2.24) is 5.32 Å². The third kappa shape index (κ3) is 5.23. The van der Waals surface area contributed by atoms with Crippen LogP contribution in [0.5, 0.6) is 0 Å². The summed E-state index contributed by atoms with van der Waals surface area (Å²) in [6.45, 7) is 0.262. The molecule has 134 valence electrons. The Balaban J connectivity index is 2.01. The smallest absolute Gasteiger partial charge is 0.352 e. The minimum atomic E-state index is -4.46. The molecule has 0 spiro atoms. The van der Waals surface area contributed by atoms with Crippen LogP contribution in [-0.2, 0) is 4.79 Å². The highest BCUT2D eigenvalue weighted by Crippen LogP contribution is 2.37. The maximum Gasteiger partial charge on any atom is 0.396 e. The van der Waals surface area contributed by atoms with Crippen LogP contribution in [0.1, 0.15) is 50.0 Å². The monoisotopic (exact) mass is 342 g/mol. The third-order valence-corrected chi connectivity index (χ3v) is 4.81. The summed E-state index contributed by atoms with van der Waals surface area (Å²) in [5, 5.41) is 2.74. The number of carbonyl (C=O) groups excluding carboxylic acids is 1. The number of halogens is 3. The molecule has 0 heterocycles. The first-order valence-electron chi connectivity index (χ1n) is 8.53. The fourth-order valence-electron chi connectivity index (χ4n) is 3.46. The van der Waals surface area contributed by atoms with E-state index in [0.717, 1.165) is 25.7 Å². The topological polar surface area (TPSA) is 55.1 Å². The van der Waals surface area contributed by atoms with Crippen molar-refractivity contribution in [3.8, 4) is 0 Å². The average molecular weight is 342 g/mol. The van der Waals surface area contributed by atoms with E-state index in [9.17, 15) is 18.0 Å². The van der Waals surface area contributed by atoms with Gasteiger partial charge in [0.05, 0.1) is 5.92 Å². The molecule has 2 atom stereocenters. The summed E-state index contributed by atoms with van der Waals surface area (Å²) in [5.41, 5.74) is 5.86. The number of nitrogens with one attached hydrogen (secondary N) is 1. The van der Waals surface area contributed by atoms with Gasteiger partial charge in [0, 0.05) is 19.0 Å².